The molecule has 0 aliphatic carbocycles. The Balaban J connectivity index is 1.33. The Labute approximate surface area is 209 Å². The molecule has 0 saturated carbocycles. The highest BCUT2D eigenvalue weighted by molar-refractivity contribution is 5.90. The molecule has 0 amide bonds. The van der Waals surface area contributed by atoms with Gasteiger partial charge in [-0.05, 0) is 38.1 Å². The molecule has 2 aliphatic rings. The molecule has 36 heavy (non-hydrogen) atoms. The molecule has 2 aromatic carbocycles. The van der Waals surface area contributed by atoms with Crippen molar-refractivity contribution in [1.29, 1.82) is 0 Å². The second-order valence-corrected chi connectivity index (χ2v) is 9.02. The summed E-state index contributed by atoms with van der Waals surface area (Å²) in [5.41, 5.74) is 3.89. The van der Waals surface area contributed by atoms with E-state index in [-0.39, 0.29) is 6.61 Å². The van der Waals surface area contributed by atoms with Gasteiger partial charge < -0.3 is 19.5 Å². The molecule has 186 valence electrons. The van der Waals surface area contributed by atoms with Gasteiger partial charge in [0.25, 0.3) is 0 Å². The third-order valence-corrected chi connectivity index (χ3v) is 6.34. The van der Waals surface area contributed by atoms with E-state index < -0.39 is 30.4 Å². The van der Waals surface area contributed by atoms with E-state index in [9.17, 15) is 9.59 Å². The van der Waals surface area contributed by atoms with Gasteiger partial charge in [-0.25, -0.2) is 14.6 Å². The predicted octanol–water partition coefficient (Wildman–Crippen LogP) is 3.87. The van der Waals surface area contributed by atoms with Gasteiger partial charge in [0.1, 0.15) is 30.9 Å². The zero-order chi connectivity index (χ0) is 25.1. The highest BCUT2D eigenvalue weighted by atomic mass is 16.6. The van der Waals surface area contributed by atoms with Crippen LogP contribution in [0.15, 0.2) is 59.9 Å². The maximum Gasteiger partial charge on any atom is 0.338 e. The minimum atomic E-state index is -0.642. The number of fused-ring (bicyclic) bond motifs is 1. The third kappa shape index (κ3) is 5.16. The SMILES string of the molecule is Cc1ccc(C(=O)OC[C@H]2O[C@@H](n3cnc4c3NC=NCC4)CC2OC(=O)c2ccc(C)cc2)cc1. The summed E-state index contributed by atoms with van der Waals surface area (Å²) in [6.07, 6.45) is 2.73. The molecule has 0 spiro atoms. The number of esters is 2. The van der Waals surface area contributed by atoms with Crippen LogP contribution < -0.4 is 5.32 Å². The fraction of sp³-hybridized carbons (Fsp3) is 0.333. The molecule has 5 rings (SSSR count). The zero-order valence-corrected chi connectivity index (χ0v) is 20.2. The number of benzene rings is 2. The summed E-state index contributed by atoms with van der Waals surface area (Å²) in [5, 5.41) is 3.16. The summed E-state index contributed by atoms with van der Waals surface area (Å²) in [4.78, 5) is 34.3. The maximum atomic E-state index is 12.9. The summed E-state index contributed by atoms with van der Waals surface area (Å²) >= 11 is 0. The van der Waals surface area contributed by atoms with Gasteiger partial charge >= 0.3 is 11.9 Å². The second kappa shape index (κ2) is 10.3. The van der Waals surface area contributed by atoms with Crippen LogP contribution >= 0.6 is 0 Å². The van der Waals surface area contributed by atoms with Gasteiger partial charge in [-0.15, -0.1) is 0 Å². The van der Waals surface area contributed by atoms with Crippen molar-refractivity contribution in [2.24, 2.45) is 4.99 Å². The van der Waals surface area contributed by atoms with E-state index >= 15 is 0 Å². The summed E-state index contributed by atoms with van der Waals surface area (Å²) in [6, 6.07) is 14.3. The number of hydrogen-bond acceptors (Lipinski definition) is 8. The fourth-order valence-corrected chi connectivity index (χ4v) is 4.27. The van der Waals surface area contributed by atoms with Gasteiger partial charge in [0.05, 0.1) is 29.5 Å². The van der Waals surface area contributed by atoms with Gasteiger partial charge in [-0.3, -0.25) is 9.56 Å². The zero-order valence-electron chi connectivity index (χ0n) is 20.2. The molecule has 9 heteroatoms. The number of imidazole rings is 1. The van der Waals surface area contributed by atoms with E-state index in [0.717, 1.165) is 22.6 Å². The molecule has 1 fully saturated rings. The largest absolute Gasteiger partial charge is 0.459 e. The third-order valence-electron chi connectivity index (χ3n) is 6.34. The van der Waals surface area contributed by atoms with E-state index in [0.29, 0.717) is 30.5 Å². The Kier molecular flexibility index (Phi) is 6.81. The predicted molar refractivity (Wildman–Crippen MR) is 133 cm³/mol. The van der Waals surface area contributed by atoms with Crippen molar-refractivity contribution in [3.63, 3.8) is 0 Å². The molecule has 0 radical (unpaired) electrons. The normalized spacial score (nSPS) is 20.8. The molecule has 1 N–H and O–H groups in total. The molecule has 1 unspecified atom stereocenters. The van der Waals surface area contributed by atoms with Crippen LogP contribution in [0.25, 0.3) is 0 Å². The maximum absolute atomic E-state index is 12.9. The topological polar surface area (TPSA) is 104 Å². The van der Waals surface area contributed by atoms with Crippen molar-refractivity contribution in [3.8, 4) is 0 Å². The number of aromatic nitrogens is 2. The first-order valence-corrected chi connectivity index (χ1v) is 12.0. The first-order valence-electron chi connectivity index (χ1n) is 12.0. The summed E-state index contributed by atoms with van der Waals surface area (Å²) in [6.45, 7) is 4.50. The molecule has 1 aromatic heterocycles. The fourth-order valence-electron chi connectivity index (χ4n) is 4.27. The molecule has 9 nitrogen and oxygen atoms in total. The van der Waals surface area contributed by atoms with Gasteiger partial charge in [0.2, 0.25) is 0 Å². The number of nitrogens with one attached hydrogen (secondary N) is 1. The number of nitrogens with zero attached hydrogens (tertiary/aromatic N) is 3. The number of carbonyl (C=O) groups is 2. The molecule has 2 aliphatic heterocycles. The summed E-state index contributed by atoms with van der Waals surface area (Å²) < 4.78 is 19.6. The van der Waals surface area contributed by atoms with Crippen molar-refractivity contribution in [1.82, 2.24) is 9.55 Å². The van der Waals surface area contributed by atoms with Crippen molar-refractivity contribution >= 4 is 24.1 Å². The van der Waals surface area contributed by atoms with Gasteiger partial charge in [0.15, 0.2) is 0 Å². The number of hydrogen-bond donors (Lipinski definition) is 1. The first-order chi connectivity index (χ1) is 17.5. The number of rotatable bonds is 6. The van der Waals surface area contributed by atoms with E-state index in [2.05, 4.69) is 15.3 Å². The van der Waals surface area contributed by atoms with Crippen LogP contribution in [-0.2, 0) is 20.6 Å². The minimum absolute atomic E-state index is 0.0547. The van der Waals surface area contributed by atoms with E-state index in [1.54, 1.807) is 36.9 Å². The molecule has 3 aromatic rings. The number of anilines is 1. The minimum Gasteiger partial charge on any atom is -0.459 e. The molecule has 1 saturated heterocycles. The number of carbonyl (C=O) groups excluding carboxylic acids is 2. The average molecular weight is 489 g/mol. The van der Waals surface area contributed by atoms with Crippen LogP contribution in [0.3, 0.4) is 0 Å². The van der Waals surface area contributed by atoms with Gasteiger partial charge in [0, 0.05) is 19.4 Å². The monoisotopic (exact) mass is 488 g/mol. The summed E-state index contributed by atoms with van der Waals surface area (Å²) in [7, 11) is 0. The Morgan fingerprint density at radius 3 is 2.39 bits per heavy atom. The molecular formula is C27H28N4O5. The smallest absolute Gasteiger partial charge is 0.338 e. The summed E-state index contributed by atoms with van der Waals surface area (Å²) in [5.74, 6) is -0.115. The van der Waals surface area contributed by atoms with Crippen LogP contribution in [0.4, 0.5) is 5.82 Å². The Morgan fingerprint density at radius 2 is 1.69 bits per heavy atom. The van der Waals surface area contributed by atoms with Crippen LogP contribution in [-0.4, -0.2) is 53.2 Å². The van der Waals surface area contributed by atoms with Crippen LogP contribution in [0.5, 0.6) is 0 Å². The number of ether oxygens (including phenoxy) is 3. The molecular weight excluding hydrogens is 460 g/mol. The van der Waals surface area contributed by atoms with E-state index in [1.165, 1.54) is 0 Å². The molecule has 3 atom stereocenters. The lowest BCUT2D eigenvalue weighted by Crippen LogP contribution is -2.32. The lowest BCUT2D eigenvalue weighted by atomic mass is 10.1. The van der Waals surface area contributed by atoms with Crippen LogP contribution in [0.2, 0.25) is 0 Å². The first kappa shape index (κ1) is 23.7. The van der Waals surface area contributed by atoms with Crippen molar-refractivity contribution in [3.05, 3.63) is 82.8 Å². The number of aryl methyl sites for hydroxylation is 2. The quantitative estimate of drug-likeness (QED) is 0.526. The number of aliphatic imine (C=N–C) groups is 1. The molecule has 0 bridgehead atoms. The van der Waals surface area contributed by atoms with Crippen molar-refractivity contribution in [2.75, 3.05) is 18.5 Å². The van der Waals surface area contributed by atoms with Crippen molar-refractivity contribution < 1.29 is 23.8 Å². The standard InChI is InChI=1S/C27H28N4O5/c1-17-3-7-19(8-4-17)26(32)34-14-23-22(36-27(33)20-9-5-18(2)6-10-20)13-24(35-23)31-16-30-21-11-12-28-15-29-25(21)31/h3-10,15-16,22-24H,11-14H2,1-2H3,(H,28,29)/t22?,23-,24-/m1/s1. The van der Waals surface area contributed by atoms with Crippen LogP contribution in [0.1, 0.15) is 50.2 Å². The van der Waals surface area contributed by atoms with E-state index in [1.807, 2.05) is 42.7 Å². The van der Waals surface area contributed by atoms with Gasteiger partial charge in [-0.1, -0.05) is 35.4 Å². The Bertz CT molecular complexity index is 1270. The van der Waals surface area contributed by atoms with Crippen LogP contribution in [0, 0.1) is 13.8 Å². The van der Waals surface area contributed by atoms with E-state index in [4.69, 9.17) is 14.2 Å². The Hall–Kier alpha value is -3.98. The highest BCUT2D eigenvalue weighted by Crippen LogP contribution is 2.35. The lowest BCUT2D eigenvalue weighted by Gasteiger charge is -2.19. The van der Waals surface area contributed by atoms with Crippen molar-refractivity contribution in [2.45, 2.75) is 45.1 Å². The second-order valence-electron chi connectivity index (χ2n) is 9.02. The lowest BCUT2D eigenvalue weighted by molar-refractivity contribution is -0.0566. The molecule has 3 heterocycles. The average Bonchev–Trinajstić information content (AvgIpc) is 3.38. The Morgan fingerprint density at radius 1 is 1.03 bits per heavy atom. The van der Waals surface area contributed by atoms with Gasteiger partial charge in [-0.2, -0.15) is 0 Å². The highest BCUT2D eigenvalue weighted by Gasteiger charge is 2.41.